The molecule has 1 amide bonds. The van der Waals surface area contributed by atoms with E-state index < -0.39 is 0 Å². The van der Waals surface area contributed by atoms with Crippen LogP contribution in [0.5, 0.6) is 0 Å². The van der Waals surface area contributed by atoms with Gasteiger partial charge in [-0.15, -0.1) is 0 Å². The summed E-state index contributed by atoms with van der Waals surface area (Å²) >= 11 is 0. The van der Waals surface area contributed by atoms with Crippen LogP contribution in [-0.4, -0.2) is 26.2 Å². The van der Waals surface area contributed by atoms with E-state index in [1.165, 1.54) is 31.1 Å². The summed E-state index contributed by atoms with van der Waals surface area (Å²) in [5, 5.41) is 2.93. The zero-order valence-electron chi connectivity index (χ0n) is 10.2. The molecule has 1 atom stereocenters. The lowest BCUT2D eigenvalue weighted by Gasteiger charge is -2.25. The summed E-state index contributed by atoms with van der Waals surface area (Å²) in [7, 11) is 1.54. The van der Waals surface area contributed by atoms with E-state index in [9.17, 15) is 4.79 Å². The fourth-order valence-electron chi connectivity index (χ4n) is 2.49. The molecule has 2 rings (SSSR count). The van der Waals surface area contributed by atoms with Gasteiger partial charge in [-0.1, -0.05) is 24.3 Å². The summed E-state index contributed by atoms with van der Waals surface area (Å²) in [4.78, 5) is 11.4. The highest BCUT2D eigenvalue weighted by Crippen LogP contribution is 2.30. The van der Waals surface area contributed by atoms with E-state index >= 15 is 0 Å². The molecular formula is C14H19NO2. The smallest absolute Gasteiger partial charge is 0.246 e. The molecule has 1 aromatic carbocycles. The van der Waals surface area contributed by atoms with Crippen LogP contribution in [0.2, 0.25) is 0 Å². The van der Waals surface area contributed by atoms with Gasteiger partial charge in [0, 0.05) is 19.6 Å². The second-order valence-corrected chi connectivity index (χ2v) is 4.53. The van der Waals surface area contributed by atoms with Gasteiger partial charge < -0.3 is 10.1 Å². The number of hydrogen-bond donors (Lipinski definition) is 1. The van der Waals surface area contributed by atoms with Crippen LogP contribution in [0, 0.1) is 0 Å². The third-order valence-corrected chi connectivity index (χ3v) is 3.31. The summed E-state index contributed by atoms with van der Waals surface area (Å²) in [5.74, 6) is 0.427. The summed E-state index contributed by atoms with van der Waals surface area (Å²) < 4.78 is 4.80. The van der Waals surface area contributed by atoms with Crippen molar-refractivity contribution in [2.75, 3.05) is 20.3 Å². The Balaban J connectivity index is 1.97. The number of hydrogen-bond acceptors (Lipinski definition) is 2. The first-order valence-corrected chi connectivity index (χ1v) is 6.14. The number of ether oxygens (including phenoxy) is 1. The maximum absolute atomic E-state index is 11.4. The number of methoxy groups -OCH3 is 1. The molecule has 0 bridgehead atoms. The Kier molecular flexibility index (Phi) is 4.15. The monoisotopic (exact) mass is 233 g/mol. The number of carbonyl (C=O) groups excluding carboxylic acids is 1. The largest absolute Gasteiger partial charge is 0.375 e. The number of carbonyl (C=O) groups is 1. The molecule has 1 aromatic rings. The molecule has 92 valence electrons. The van der Waals surface area contributed by atoms with Gasteiger partial charge in [0.2, 0.25) is 5.91 Å². The Morgan fingerprint density at radius 3 is 3.12 bits per heavy atom. The molecule has 0 radical (unpaired) electrons. The van der Waals surface area contributed by atoms with E-state index in [0.717, 1.165) is 13.0 Å². The number of amides is 1. The van der Waals surface area contributed by atoms with Crippen molar-refractivity contribution in [1.29, 1.82) is 0 Å². The van der Waals surface area contributed by atoms with Crippen molar-refractivity contribution >= 4 is 5.91 Å². The lowest BCUT2D eigenvalue weighted by molar-refractivity contribution is -0.124. The minimum Gasteiger partial charge on any atom is -0.375 e. The van der Waals surface area contributed by atoms with E-state index in [1.807, 2.05) is 0 Å². The molecule has 0 aromatic heterocycles. The molecule has 3 nitrogen and oxygen atoms in total. The number of rotatable bonds is 4. The van der Waals surface area contributed by atoms with Crippen molar-refractivity contribution in [3.63, 3.8) is 0 Å². The molecule has 0 spiro atoms. The Hall–Kier alpha value is -1.35. The predicted molar refractivity (Wildman–Crippen MR) is 67.0 cm³/mol. The second kappa shape index (κ2) is 5.82. The van der Waals surface area contributed by atoms with Crippen LogP contribution >= 0.6 is 0 Å². The first-order valence-electron chi connectivity index (χ1n) is 6.14. The number of aryl methyl sites for hydroxylation is 1. The highest BCUT2D eigenvalue weighted by atomic mass is 16.5. The molecule has 1 N–H and O–H groups in total. The fraction of sp³-hybridized carbons (Fsp3) is 0.500. The Labute approximate surface area is 102 Å². The van der Waals surface area contributed by atoms with Crippen molar-refractivity contribution in [3.8, 4) is 0 Å². The fourth-order valence-corrected chi connectivity index (χ4v) is 2.49. The van der Waals surface area contributed by atoms with Crippen LogP contribution in [0.3, 0.4) is 0 Å². The normalized spacial score (nSPS) is 18.5. The van der Waals surface area contributed by atoms with Crippen LogP contribution < -0.4 is 5.32 Å². The number of fused-ring (bicyclic) bond motifs is 1. The van der Waals surface area contributed by atoms with E-state index in [1.54, 1.807) is 0 Å². The highest BCUT2D eigenvalue weighted by Gasteiger charge is 2.19. The molecular weight excluding hydrogens is 214 g/mol. The summed E-state index contributed by atoms with van der Waals surface area (Å²) in [6.07, 6.45) is 3.53. The van der Waals surface area contributed by atoms with Crippen LogP contribution in [0.15, 0.2) is 24.3 Å². The third kappa shape index (κ3) is 3.07. The van der Waals surface area contributed by atoms with Gasteiger partial charge in [0.05, 0.1) is 0 Å². The standard InChI is InChI=1S/C14H19NO2/c1-17-10-14(16)15-9-12-7-4-6-11-5-2-3-8-13(11)12/h2-3,5,8,12H,4,6-7,9-10H2,1H3,(H,15,16)/t12-/m0/s1. The van der Waals surface area contributed by atoms with Gasteiger partial charge in [-0.3, -0.25) is 4.79 Å². The van der Waals surface area contributed by atoms with E-state index in [2.05, 4.69) is 29.6 Å². The van der Waals surface area contributed by atoms with Gasteiger partial charge in [0.15, 0.2) is 0 Å². The maximum atomic E-state index is 11.4. The topological polar surface area (TPSA) is 38.3 Å². The van der Waals surface area contributed by atoms with Gasteiger partial charge >= 0.3 is 0 Å². The van der Waals surface area contributed by atoms with E-state index in [-0.39, 0.29) is 12.5 Å². The van der Waals surface area contributed by atoms with Gasteiger partial charge in [0.1, 0.15) is 6.61 Å². The Bertz CT molecular complexity index is 390. The SMILES string of the molecule is COCC(=O)NC[C@@H]1CCCc2ccccc21. The molecule has 0 heterocycles. The average Bonchev–Trinajstić information content (AvgIpc) is 2.36. The Morgan fingerprint density at radius 2 is 2.29 bits per heavy atom. The quantitative estimate of drug-likeness (QED) is 0.862. The van der Waals surface area contributed by atoms with E-state index in [0.29, 0.717) is 5.92 Å². The van der Waals surface area contributed by atoms with Crippen molar-refractivity contribution in [2.45, 2.75) is 25.2 Å². The van der Waals surface area contributed by atoms with Gasteiger partial charge in [-0.25, -0.2) is 0 Å². The molecule has 0 unspecified atom stereocenters. The molecule has 1 aliphatic rings. The second-order valence-electron chi connectivity index (χ2n) is 4.53. The summed E-state index contributed by atoms with van der Waals surface area (Å²) in [6.45, 7) is 0.869. The van der Waals surface area contributed by atoms with Gasteiger partial charge in [-0.2, -0.15) is 0 Å². The highest BCUT2D eigenvalue weighted by molar-refractivity contribution is 5.77. The number of benzene rings is 1. The van der Waals surface area contributed by atoms with Crippen LogP contribution in [0.4, 0.5) is 0 Å². The lowest BCUT2D eigenvalue weighted by atomic mass is 9.83. The molecule has 0 fully saturated rings. The van der Waals surface area contributed by atoms with Crippen molar-refractivity contribution in [1.82, 2.24) is 5.32 Å². The zero-order chi connectivity index (χ0) is 12.1. The van der Waals surface area contributed by atoms with Crippen LogP contribution in [0.25, 0.3) is 0 Å². The first kappa shape index (κ1) is 12.1. The lowest BCUT2D eigenvalue weighted by Crippen LogP contribution is -2.32. The van der Waals surface area contributed by atoms with Gasteiger partial charge in [-0.05, 0) is 30.4 Å². The summed E-state index contributed by atoms with van der Waals surface area (Å²) in [6, 6.07) is 8.54. The Morgan fingerprint density at radius 1 is 1.47 bits per heavy atom. The van der Waals surface area contributed by atoms with Gasteiger partial charge in [0.25, 0.3) is 0 Å². The van der Waals surface area contributed by atoms with Crippen LogP contribution in [0.1, 0.15) is 29.9 Å². The summed E-state index contributed by atoms with van der Waals surface area (Å²) in [5.41, 5.74) is 2.83. The van der Waals surface area contributed by atoms with Crippen molar-refractivity contribution in [3.05, 3.63) is 35.4 Å². The van der Waals surface area contributed by atoms with Crippen molar-refractivity contribution < 1.29 is 9.53 Å². The molecule has 0 saturated heterocycles. The van der Waals surface area contributed by atoms with Crippen molar-refractivity contribution in [2.24, 2.45) is 0 Å². The zero-order valence-corrected chi connectivity index (χ0v) is 10.2. The number of nitrogens with one attached hydrogen (secondary N) is 1. The third-order valence-electron chi connectivity index (χ3n) is 3.31. The van der Waals surface area contributed by atoms with Crippen LogP contribution in [-0.2, 0) is 16.0 Å². The predicted octanol–water partition coefficient (Wildman–Crippen LogP) is 1.87. The molecule has 0 aliphatic heterocycles. The molecule has 17 heavy (non-hydrogen) atoms. The maximum Gasteiger partial charge on any atom is 0.246 e. The minimum absolute atomic E-state index is 0.0319. The molecule has 1 aliphatic carbocycles. The first-order chi connectivity index (χ1) is 8.31. The molecule has 0 saturated carbocycles. The minimum atomic E-state index is -0.0319. The van der Waals surface area contributed by atoms with E-state index in [4.69, 9.17) is 4.74 Å². The molecule has 3 heteroatoms. The average molecular weight is 233 g/mol.